The number of hydrogen-bond acceptors (Lipinski definition) is 2. The largest absolute Gasteiger partial charge is 0.326 e. The van der Waals surface area contributed by atoms with Gasteiger partial charge in [-0.05, 0) is 41.1 Å². The van der Waals surface area contributed by atoms with Crippen LogP contribution in [-0.4, -0.2) is 0 Å². The van der Waals surface area contributed by atoms with Crippen molar-refractivity contribution in [1.82, 2.24) is 0 Å². The van der Waals surface area contributed by atoms with Gasteiger partial charge in [0.1, 0.15) is 0 Å². The molecular weight excluding hydrogens is 190 g/mol. The molecule has 0 unspecified atom stereocenters. The maximum absolute atomic E-state index is 5.61. The molecule has 1 aromatic carbocycles. The van der Waals surface area contributed by atoms with Gasteiger partial charge in [0.05, 0.1) is 0 Å². The van der Waals surface area contributed by atoms with Gasteiger partial charge < -0.3 is 5.73 Å². The van der Waals surface area contributed by atoms with Gasteiger partial charge in [0.25, 0.3) is 0 Å². The van der Waals surface area contributed by atoms with Crippen molar-refractivity contribution < 1.29 is 0 Å². The van der Waals surface area contributed by atoms with Gasteiger partial charge in [-0.1, -0.05) is 18.2 Å². The van der Waals surface area contributed by atoms with E-state index in [0.29, 0.717) is 6.54 Å². The predicted molar refractivity (Wildman–Crippen MR) is 62.4 cm³/mol. The smallest absolute Gasteiger partial charge is 0.0371 e. The van der Waals surface area contributed by atoms with Crippen LogP contribution >= 0.6 is 11.3 Å². The Hall–Kier alpha value is -1.12. The zero-order valence-electron chi connectivity index (χ0n) is 8.16. The Morgan fingerprint density at radius 3 is 2.79 bits per heavy atom. The Morgan fingerprint density at radius 1 is 1.29 bits per heavy atom. The van der Waals surface area contributed by atoms with Crippen LogP contribution in [0.25, 0.3) is 10.4 Å². The topological polar surface area (TPSA) is 26.0 Å². The molecule has 2 rings (SSSR count). The van der Waals surface area contributed by atoms with Crippen LogP contribution in [-0.2, 0) is 6.54 Å². The zero-order valence-corrected chi connectivity index (χ0v) is 8.97. The van der Waals surface area contributed by atoms with Crippen molar-refractivity contribution in [1.29, 1.82) is 0 Å². The fourth-order valence-corrected chi connectivity index (χ4v) is 2.43. The van der Waals surface area contributed by atoms with Crippen LogP contribution in [0.4, 0.5) is 0 Å². The highest BCUT2D eigenvalue weighted by molar-refractivity contribution is 7.13. The van der Waals surface area contributed by atoms with Gasteiger partial charge in [0.15, 0.2) is 0 Å². The maximum Gasteiger partial charge on any atom is 0.0371 e. The third kappa shape index (κ3) is 1.72. The van der Waals surface area contributed by atoms with E-state index in [-0.39, 0.29) is 0 Å². The second kappa shape index (κ2) is 3.95. The number of aryl methyl sites for hydroxylation is 1. The molecule has 0 bridgehead atoms. The van der Waals surface area contributed by atoms with Crippen molar-refractivity contribution in [3.63, 3.8) is 0 Å². The second-order valence-corrected chi connectivity index (χ2v) is 4.25. The third-order valence-electron chi connectivity index (χ3n) is 2.29. The van der Waals surface area contributed by atoms with Gasteiger partial charge >= 0.3 is 0 Å². The zero-order chi connectivity index (χ0) is 9.97. The molecule has 0 amide bonds. The first kappa shape index (κ1) is 9.44. The second-order valence-electron chi connectivity index (χ2n) is 3.34. The lowest BCUT2D eigenvalue weighted by Gasteiger charge is -2.02. The van der Waals surface area contributed by atoms with Gasteiger partial charge in [-0.2, -0.15) is 0 Å². The van der Waals surface area contributed by atoms with Crippen molar-refractivity contribution in [2.24, 2.45) is 5.73 Å². The number of benzene rings is 1. The minimum Gasteiger partial charge on any atom is -0.326 e. The summed E-state index contributed by atoms with van der Waals surface area (Å²) in [7, 11) is 0. The van der Waals surface area contributed by atoms with Crippen molar-refractivity contribution in [3.8, 4) is 10.4 Å². The number of thiophene rings is 1. The Morgan fingerprint density at radius 2 is 2.14 bits per heavy atom. The van der Waals surface area contributed by atoms with Crippen molar-refractivity contribution in [2.45, 2.75) is 13.5 Å². The lowest BCUT2D eigenvalue weighted by molar-refractivity contribution is 1.07. The molecule has 0 aliphatic carbocycles. The molecule has 2 N–H and O–H groups in total. The summed E-state index contributed by atoms with van der Waals surface area (Å²) in [6.07, 6.45) is 0. The average molecular weight is 203 g/mol. The summed E-state index contributed by atoms with van der Waals surface area (Å²) in [5.41, 5.74) is 9.42. The van der Waals surface area contributed by atoms with Gasteiger partial charge in [0.2, 0.25) is 0 Å². The molecule has 0 aliphatic rings. The Kier molecular flexibility index (Phi) is 2.66. The highest BCUT2D eigenvalue weighted by atomic mass is 32.1. The molecule has 1 nitrogen and oxygen atoms in total. The molecule has 1 aromatic heterocycles. The molecular formula is C12H13NS. The minimum atomic E-state index is 0.609. The van der Waals surface area contributed by atoms with E-state index in [2.05, 4.69) is 42.6 Å². The molecule has 0 aliphatic heterocycles. The molecule has 0 atom stereocenters. The molecule has 2 aromatic rings. The standard InChI is InChI=1S/C12H13NS/c1-9-5-6-14-12(9)11-4-2-3-10(7-11)8-13/h2-7H,8,13H2,1H3. The molecule has 0 saturated heterocycles. The van der Waals surface area contributed by atoms with Crippen LogP contribution in [0.2, 0.25) is 0 Å². The van der Waals surface area contributed by atoms with E-state index in [9.17, 15) is 0 Å². The monoisotopic (exact) mass is 203 g/mol. The van der Waals surface area contributed by atoms with Gasteiger partial charge in [0, 0.05) is 11.4 Å². The molecule has 0 saturated carbocycles. The number of nitrogens with two attached hydrogens (primary N) is 1. The maximum atomic E-state index is 5.61. The Bertz CT molecular complexity index is 431. The van der Waals surface area contributed by atoms with E-state index in [0.717, 1.165) is 0 Å². The summed E-state index contributed by atoms with van der Waals surface area (Å²) < 4.78 is 0. The molecule has 0 spiro atoms. The normalized spacial score (nSPS) is 10.4. The van der Waals surface area contributed by atoms with E-state index in [1.54, 1.807) is 11.3 Å². The molecule has 2 heteroatoms. The van der Waals surface area contributed by atoms with E-state index < -0.39 is 0 Å². The molecule has 1 heterocycles. The van der Waals surface area contributed by atoms with Gasteiger partial charge in [-0.15, -0.1) is 11.3 Å². The van der Waals surface area contributed by atoms with Gasteiger partial charge in [-0.3, -0.25) is 0 Å². The Labute approximate surface area is 88.2 Å². The van der Waals surface area contributed by atoms with E-state index >= 15 is 0 Å². The minimum absolute atomic E-state index is 0.609. The highest BCUT2D eigenvalue weighted by Crippen LogP contribution is 2.29. The van der Waals surface area contributed by atoms with Crippen LogP contribution in [0.5, 0.6) is 0 Å². The summed E-state index contributed by atoms with van der Waals surface area (Å²) in [5, 5.41) is 2.12. The molecule has 0 radical (unpaired) electrons. The lowest BCUT2D eigenvalue weighted by atomic mass is 10.1. The SMILES string of the molecule is Cc1ccsc1-c1cccc(CN)c1. The summed E-state index contributed by atoms with van der Waals surface area (Å²) in [4.78, 5) is 1.35. The predicted octanol–water partition coefficient (Wildman–Crippen LogP) is 3.18. The summed E-state index contributed by atoms with van der Waals surface area (Å²) >= 11 is 1.78. The first-order valence-electron chi connectivity index (χ1n) is 4.65. The highest BCUT2D eigenvalue weighted by Gasteiger charge is 2.02. The number of hydrogen-bond donors (Lipinski definition) is 1. The van der Waals surface area contributed by atoms with Gasteiger partial charge in [-0.25, -0.2) is 0 Å². The summed E-state index contributed by atoms with van der Waals surface area (Å²) in [6.45, 7) is 2.75. The number of rotatable bonds is 2. The van der Waals surface area contributed by atoms with E-state index in [1.165, 1.54) is 21.6 Å². The molecule has 14 heavy (non-hydrogen) atoms. The van der Waals surface area contributed by atoms with Crippen molar-refractivity contribution >= 4 is 11.3 Å². The average Bonchev–Trinajstić information content (AvgIpc) is 2.65. The van der Waals surface area contributed by atoms with Crippen LogP contribution in [0, 0.1) is 6.92 Å². The fraction of sp³-hybridized carbons (Fsp3) is 0.167. The van der Waals surface area contributed by atoms with Crippen LogP contribution in [0.15, 0.2) is 35.7 Å². The quantitative estimate of drug-likeness (QED) is 0.797. The van der Waals surface area contributed by atoms with Crippen LogP contribution in [0.1, 0.15) is 11.1 Å². The summed E-state index contributed by atoms with van der Waals surface area (Å²) in [6, 6.07) is 10.6. The lowest BCUT2D eigenvalue weighted by Crippen LogP contribution is -1.95. The third-order valence-corrected chi connectivity index (χ3v) is 3.35. The van der Waals surface area contributed by atoms with E-state index in [4.69, 9.17) is 5.73 Å². The fourth-order valence-electron chi connectivity index (χ4n) is 1.51. The first-order valence-corrected chi connectivity index (χ1v) is 5.52. The van der Waals surface area contributed by atoms with Crippen LogP contribution < -0.4 is 5.73 Å². The van der Waals surface area contributed by atoms with E-state index in [1.807, 2.05) is 0 Å². The first-order chi connectivity index (χ1) is 6.81. The van der Waals surface area contributed by atoms with Crippen molar-refractivity contribution in [2.75, 3.05) is 0 Å². The molecule has 72 valence electrons. The van der Waals surface area contributed by atoms with Crippen molar-refractivity contribution in [3.05, 3.63) is 46.8 Å². The molecule has 0 fully saturated rings. The Balaban J connectivity index is 2.47. The van der Waals surface area contributed by atoms with Crippen LogP contribution in [0.3, 0.4) is 0 Å². The summed E-state index contributed by atoms with van der Waals surface area (Å²) in [5.74, 6) is 0.